The summed E-state index contributed by atoms with van der Waals surface area (Å²) < 4.78 is 5.43. The van der Waals surface area contributed by atoms with Gasteiger partial charge in [0.2, 0.25) is 0 Å². The molecule has 0 amide bonds. The molecule has 0 bridgehead atoms. The van der Waals surface area contributed by atoms with Crippen LogP contribution in [0.2, 0.25) is 0 Å². The highest BCUT2D eigenvalue weighted by Gasteiger charge is 2.36. The van der Waals surface area contributed by atoms with Gasteiger partial charge in [-0.05, 0) is 37.8 Å². The van der Waals surface area contributed by atoms with Crippen molar-refractivity contribution >= 4 is 5.78 Å². The first-order valence-corrected chi connectivity index (χ1v) is 6.63. The van der Waals surface area contributed by atoms with Crippen LogP contribution >= 0.6 is 0 Å². The van der Waals surface area contributed by atoms with Crippen molar-refractivity contribution in [2.24, 2.45) is 0 Å². The first kappa shape index (κ1) is 11.0. The van der Waals surface area contributed by atoms with Crippen LogP contribution in [-0.4, -0.2) is 22.8 Å². The number of rotatable bonds is 4. The molecule has 0 saturated heterocycles. The minimum atomic E-state index is 0.436. The van der Waals surface area contributed by atoms with E-state index in [1.54, 1.807) is 6.26 Å². The number of carbonyl (C=O) groups excluding carboxylic acids is 1. The molecule has 3 heteroatoms. The number of carbonyl (C=O) groups is 1. The summed E-state index contributed by atoms with van der Waals surface area (Å²) in [4.78, 5) is 14.1. The number of hydrogen-bond acceptors (Lipinski definition) is 3. The summed E-state index contributed by atoms with van der Waals surface area (Å²) in [6.45, 7) is 0.871. The third-order valence-corrected chi connectivity index (χ3v) is 3.86. The maximum atomic E-state index is 11.6. The van der Waals surface area contributed by atoms with Gasteiger partial charge in [0, 0.05) is 24.9 Å². The highest BCUT2D eigenvalue weighted by atomic mass is 16.3. The Hall–Kier alpha value is -1.09. The average molecular weight is 233 g/mol. The molecule has 3 nitrogen and oxygen atoms in total. The average Bonchev–Trinajstić information content (AvgIpc) is 3.03. The second-order valence-corrected chi connectivity index (χ2v) is 5.27. The molecule has 3 rings (SSSR count). The standard InChI is InChI=1S/C14H19NO2/c16-13-4-1-3-12(9-13)15(11-6-7-11)10-14-5-2-8-17-14/h2,5,8,11-12H,1,3-4,6-7,9-10H2. The molecule has 2 saturated carbocycles. The Balaban J connectivity index is 1.68. The summed E-state index contributed by atoms with van der Waals surface area (Å²) >= 11 is 0. The Labute approximate surface area is 102 Å². The van der Waals surface area contributed by atoms with Gasteiger partial charge in [-0.1, -0.05) is 0 Å². The molecule has 92 valence electrons. The monoisotopic (exact) mass is 233 g/mol. The summed E-state index contributed by atoms with van der Waals surface area (Å²) in [5.74, 6) is 1.46. The van der Waals surface area contributed by atoms with E-state index < -0.39 is 0 Å². The fraction of sp³-hybridized carbons (Fsp3) is 0.643. The Morgan fingerprint density at radius 2 is 2.18 bits per heavy atom. The third kappa shape index (κ3) is 2.60. The maximum Gasteiger partial charge on any atom is 0.134 e. The highest BCUT2D eigenvalue weighted by molar-refractivity contribution is 5.79. The van der Waals surface area contributed by atoms with Crippen molar-refractivity contribution in [3.05, 3.63) is 24.2 Å². The van der Waals surface area contributed by atoms with Crippen LogP contribution in [0.4, 0.5) is 0 Å². The van der Waals surface area contributed by atoms with Gasteiger partial charge in [0.25, 0.3) is 0 Å². The second-order valence-electron chi connectivity index (χ2n) is 5.27. The zero-order valence-electron chi connectivity index (χ0n) is 10.1. The second kappa shape index (κ2) is 4.65. The SMILES string of the molecule is O=C1CCCC(N(Cc2ccco2)C2CC2)C1. The lowest BCUT2D eigenvalue weighted by Gasteiger charge is -2.33. The summed E-state index contributed by atoms with van der Waals surface area (Å²) in [5.41, 5.74) is 0. The lowest BCUT2D eigenvalue weighted by Crippen LogP contribution is -2.40. The summed E-state index contributed by atoms with van der Waals surface area (Å²) in [6.07, 6.45) is 8.06. The number of furan rings is 1. The Morgan fingerprint density at radius 1 is 1.29 bits per heavy atom. The van der Waals surface area contributed by atoms with Gasteiger partial charge in [-0.25, -0.2) is 0 Å². The number of hydrogen-bond donors (Lipinski definition) is 0. The van der Waals surface area contributed by atoms with Crippen molar-refractivity contribution in [2.45, 2.75) is 57.2 Å². The van der Waals surface area contributed by atoms with Crippen LogP contribution in [0.25, 0.3) is 0 Å². The van der Waals surface area contributed by atoms with Gasteiger partial charge in [0.05, 0.1) is 12.8 Å². The molecular formula is C14H19NO2. The van der Waals surface area contributed by atoms with E-state index in [0.29, 0.717) is 17.9 Å². The van der Waals surface area contributed by atoms with Crippen LogP contribution in [0, 0.1) is 0 Å². The predicted octanol–water partition coefficient (Wildman–Crippen LogP) is 2.76. The van der Waals surface area contributed by atoms with E-state index in [0.717, 1.165) is 31.6 Å². The smallest absolute Gasteiger partial charge is 0.134 e. The topological polar surface area (TPSA) is 33.5 Å². The molecule has 0 radical (unpaired) electrons. The van der Waals surface area contributed by atoms with Gasteiger partial charge in [-0.2, -0.15) is 0 Å². The van der Waals surface area contributed by atoms with Crippen molar-refractivity contribution in [3.63, 3.8) is 0 Å². The van der Waals surface area contributed by atoms with E-state index in [1.807, 2.05) is 12.1 Å². The largest absolute Gasteiger partial charge is 0.468 e. The third-order valence-electron chi connectivity index (χ3n) is 3.86. The van der Waals surface area contributed by atoms with Crippen LogP contribution in [0.3, 0.4) is 0 Å². The van der Waals surface area contributed by atoms with E-state index >= 15 is 0 Å². The number of ketones is 1. The molecule has 2 aliphatic carbocycles. The van der Waals surface area contributed by atoms with Crippen molar-refractivity contribution < 1.29 is 9.21 Å². The molecule has 1 atom stereocenters. The number of Topliss-reactive ketones (excluding diaryl/α,β-unsaturated/α-hetero) is 1. The van der Waals surface area contributed by atoms with Crippen LogP contribution in [0.5, 0.6) is 0 Å². The first-order valence-electron chi connectivity index (χ1n) is 6.63. The number of nitrogens with zero attached hydrogens (tertiary/aromatic N) is 1. The molecule has 0 N–H and O–H groups in total. The minimum absolute atomic E-state index is 0.436. The Kier molecular flexibility index (Phi) is 3.02. The summed E-state index contributed by atoms with van der Waals surface area (Å²) in [5, 5.41) is 0. The van der Waals surface area contributed by atoms with Gasteiger partial charge in [-0.3, -0.25) is 9.69 Å². The van der Waals surface area contributed by atoms with Crippen molar-refractivity contribution in [2.75, 3.05) is 0 Å². The van der Waals surface area contributed by atoms with Gasteiger partial charge in [-0.15, -0.1) is 0 Å². The van der Waals surface area contributed by atoms with Crippen molar-refractivity contribution in [1.29, 1.82) is 0 Å². The van der Waals surface area contributed by atoms with E-state index in [1.165, 1.54) is 19.3 Å². The molecule has 1 aromatic rings. The van der Waals surface area contributed by atoms with Crippen molar-refractivity contribution in [1.82, 2.24) is 4.90 Å². The van der Waals surface area contributed by atoms with Gasteiger partial charge < -0.3 is 4.42 Å². The molecule has 2 aliphatic rings. The molecule has 0 aliphatic heterocycles. The molecule has 0 aromatic carbocycles. The fourth-order valence-corrected chi connectivity index (χ4v) is 2.83. The van der Waals surface area contributed by atoms with Crippen LogP contribution in [0.1, 0.15) is 44.3 Å². The lowest BCUT2D eigenvalue weighted by molar-refractivity contribution is -0.122. The van der Waals surface area contributed by atoms with Gasteiger partial charge in [0.15, 0.2) is 0 Å². The van der Waals surface area contributed by atoms with Crippen LogP contribution in [0.15, 0.2) is 22.8 Å². The lowest BCUT2D eigenvalue weighted by atomic mass is 9.93. The van der Waals surface area contributed by atoms with Gasteiger partial charge >= 0.3 is 0 Å². The van der Waals surface area contributed by atoms with E-state index in [-0.39, 0.29) is 0 Å². The highest BCUT2D eigenvalue weighted by Crippen LogP contribution is 2.34. The Morgan fingerprint density at radius 3 is 2.82 bits per heavy atom. The molecule has 1 aromatic heterocycles. The molecule has 2 fully saturated rings. The molecule has 1 unspecified atom stereocenters. The summed E-state index contributed by atoms with van der Waals surface area (Å²) in [6, 6.07) is 5.11. The van der Waals surface area contributed by atoms with Crippen LogP contribution in [-0.2, 0) is 11.3 Å². The molecule has 1 heterocycles. The molecular weight excluding hydrogens is 214 g/mol. The fourth-order valence-electron chi connectivity index (χ4n) is 2.83. The maximum absolute atomic E-state index is 11.6. The predicted molar refractivity (Wildman–Crippen MR) is 64.5 cm³/mol. The zero-order chi connectivity index (χ0) is 11.7. The summed E-state index contributed by atoms with van der Waals surface area (Å²) in [7, 11) is 0. The normalized spacial score (nSPS) is 25.5. The van der Waals surface area contributed by atoms with E-state index in [4.69, 9.17) is 4.42 Å². The van der Waals surface area contributed by atoms with E-state index in [9.17, 15) is 4.79 Å². The van der Waals surface area contributed by atoms with Gasteiger partial charge in [0.1, 0.15) is 11.5 Å². The minimum Gasteiger partial charge on any atom is -0.468 e. The Bertz CT molecular complexity index is 381. The zero-order valence-corrected chi connectivity index (χ0v) is 10.1. The first-order chi connectivity index (χ1) is 8.33. The van der Waals surface area contributed by atoms with Crippen molar-refractivity contribution in [3.8, 4) is 0 Å². The molecule has 0 spiro atoms. The quantitative estimate of drug-likeness (QED) is 0.801. The van der Waals surface area contributed by atoms with Crippen LogP contribution < -0.4 is 0 Å². The molecule has 17 heavy (non-hydrogen) atoms. The van der Waals surface area contributed by atoms with E-state index in [2.05, 4.69) is 4.90 Å².